The molecule has 1 N–H and O–H groups in total. The van der Waals surface area contributed by atoms with Crippen molar-refractivity contribution in [1.82, 2.24) is 19.2 Å². The van der Waals surface area contributed by atoms with Gasteiger partial charge in [-0.2, -0.15) is 0 Å². The summed E-state index contributed by atoms with van der Waals surface area (Å²) in [5.41, 5.74) is 2.79. The van der Waals surface area contributed by atoms with Crippen LogP contribution in [0, 0.1) is 5.92 Å². The summed E-state index contributed by atoms with van der Waals surface area (Å²) in [7, 11) is 1.71. The van der Waals surface area contributed by atoms with Gasteiger partial charge in [0.05, 0.1) is 5.52 Å². The molecule has 8 nitrogen and oxygen atoms in total. The molecule has 0 bridgehead atoms. The van der Waals surface area contributed by atoms with Gasteiger partial charge in [0.15, 0.2) is 0 Å². The van der Waals surface area contributed by atoms with E-state index < -0.39 is 0 Å². The molecule has 0 unspecified atom stereocenters. The van der Waals surface area contributed by atoms with Crippen molar-refractivity contribution >= 4 is 44.6 Å². The third-order valence-corrected chi connectivity index (χ3v) is 7.39. The third-order valence-electron chi connectivity index (χ3n) is 6.50. The van der Waals surface area contributed by atoms with Gasteiger partial charge in [-0.05, 0) is 60.9 Å². The zero-order valence-electron chi connectivity index (χ0n) is 19.0. The van der Waals surface area contributed by atoms with E-state index in [0.717, 1.165) is 36.0 Å². The van der Waals surface area contributed by atoms with E-state index in [2.05, 4.69) is 39.5 Å². The number of nitrogens with one attached hydrogen (secondary N) is 1. The normalized spacial score (nSPS) is 14.9. The maximum atomic E-state index is 12.5. The fourth-order valence-corrected chi connectivity index (χ4v) is 5.32. The number of aryl methyl sites for hydroxylation is 2. The molecule has 0 atom stereocenters. The number of fused-ring (bicyclic) bond motifs is 3. The molecule has 1 aromatic carbocycles. The van der Waals surface area contributed by atoms with Crippen LogP contribution in [-0.4, -0.2) is 38.2 Å². The van der Waals surface area contributed by atoms with Crippen LogP contribution < -0.4 is 15.8 Å². The van der Waals surface area contributed by atoms with Gasteiger partial charge in [0.2, 0.25) is 11.7 Å². The minimum Gasteiger partial charge on any atom is -0.372 e. The average Bonchev–Trinajstić information content (AvgIpc) is 3.46. The van der Waals surface area contributed by atoms with E-state index in [1.54, 1.807) is 7.05 Å². The Balaban J connectivity index is 1.19. The molecule has 0 saturated carbocycles. The summed E-state index contributed by atoms with van der Waals surface area (Å²) in [4.78, 5) is 27.4. The Hall–Kier alpha value is -3.20. The van der Waals surface area contributed by atoms with Gasteiger partial charge in [0, 0.05) is 44.4 Å². The summed E-state index contributed by atoms with van der Waals surface area (Å²) in [6.45, 7) is 4.50. The topological polar surface area (TPSA) is 84.5 Å². The summed E-state index contributed by atoms with van der Waals surface area (Å²) < 4.78 is 4.13. The van der Waals surface area contributed by atoms with Crippen molar-refractivity contribution in [1.29, 1.82) is 0 Å². The van der Waals surface area contributed by atoms with Crippen LogP contribution >= 0.6 is 11.3 Å². The van der Waals surface area contributed by atoms with Crippen molar-refractivity contribution in [2.75, 3.05) is 23.3 Å². The number of thiophene rings is 1. The smallest absolute Gasteiger partial charge is 0.272 e. The quantitative estimate of drug-likeness (QED) is 0.469. The first-order valence-electron chi connectivity index (χ1n) is 11.5. The van der Waals surface area contributed by atoms with E-state index in [4.69, 9.17) is 0 Å². The minimum absolute atomic E-state index is 0.0172. The van der Waals surface area contributed by atoms with Crippen molar-refractivity contribution in [2.45, 2.75) is 39.0 Å². The first-order chi connectivity index (χ1) is 16.0. The van der Waals surface area contributed by atoms with Crippen LogP contribution in [0.4, 0.5) is 11.4 Å². The number of hydrogen-bond acceptors (Lipinski definition) is 6. The van der Waals surface area contributed by atoms with Gasteiger partial charge in [-0.1, -0.05) is 6.92 Å². The number of amides is 1. The molecule has 1 aliphatic rings. The molecule has 1 fully saturated rings. The van der Waals surface area contributed by atoms with E-state index in [-0.39, 0.29) is 11.5 Å². The van der Waals surface area contributed by atoms with Gasteiger partial charge in [0.25, 0.3) is 5.56 Å². The van der Waals surface area contributed by atoms with E-state index in [9.17, 15) is 9.59 Å². The molecule has 3 aromatic heterocycles. The van der Waals surface area contributed by atoms with Gasteiger partial charge >= 0.3 is 0 Å². The average molecular weight is 465 g/mol. The Labute approximate surface area is 195 Å². The van der Waals surface area contributed by atoms with Crippen molar-refractivity contribution in [3.05, 3.63) is 51.9 Å². The van der Waals surface area contributed by atoms with Crippen LogP contribution in [0.5, 0.6) is 0 Å². The molecule has 172 valence electrons. The van der Waals surface area contributed by atoms with Gasteiger partial charge in [0.1, 0.15) is 10.5 Å². The largest absolute Gasteiger partial charge is 0.372 e. The minimum atomic E-state index is -0.0632. The summed E-state index contributed by atoms with van der Waals surface area (Å²) in [5, 5.41) is 13.4. The Morgan fingerprint density at radius 3 is 2.67 bits per heavy atom. The predicted octanol–water partition coefficient (Wildman–Crippen LogP) is 3.84. The molecule has 0 spiro atoms. The second-order valence-electron chi connectivity index (χ2n) is 8.87. The fourth-order valence-electron chi connectivity index (χ4n) is 4.47. The summed E-state index contributed by atoms with van der Waals surface area (Å²) >= 11 is 1.42. The molecular weight excluding hydrogens is 436 g/mol. The highest BCUT2D eigenvalue weighted by molar-refractivity contribution is 7.17. The predicted molar refractivity (Wildman–Crippen MR) is 132 cm³/mol. The monoisotopic (exact) mass is 464 g/mol. The fraction of sp³-hybridized carbons (Fsp3) is 0.417. The maximum Gasteiger partial charge on any atom is 0.272 e. The lowest BCUT2D eigenvalue weighted by Gasteiger charge is -2.32. The van der Waals surface area contributed by atoms with Gasteiger partial charge in [-0.15, -0.1) is 21.5 Å². The van der Waals surface area contributed by atoms with Crippen molar-refractivity contribution in [3.8, 4) is 0 Å². The molecule has 4 aromatic rings. The first kappa shape index (κ1) is 21.6. The zero-order valence-corrected chi connectivity index (χ0v) is 19.8. The molecule has 1 saturated heterocycles. The van der Waals surface area contributed by atoms with Crippen molar-refractivity contribution in [2.24, 2.45) is 13.0 Å². The molecule has 5 rings (SSSR count). The lowest BCUT2D eigenvalue weighted by Crippen LogP contribution is -2.32. The van der Waals surface area contributed by atoms with Crippen LogP contribution in [0.3, 0.4) is 0 Å². The summed E-state index contributed by atoms with van der Waals surface area (Å²) in [5.74, 6) is 2.07. The first-order valence-corrected chi connectivity index (χ1v) is 12.3. The van der Waals surface area contributed by atoms with Crippen LogP contribution in [0.2, 0.25) is 0 Å². The second kappa shape index (κ2) is 8.97. The number of rotatable bonds is 6. The molecular formula is C24H28N6O2S. The Bertz CT molecular complexity index is 1350. The number of carbonyl (C=O) groups is 1. The standard InChI is InChI=1S/C24H28N6O2S/c1-16-10-13-29(14-11-16)18-8-6-17(7-9-18)25-21(31)5-3-4-20-26-27-24-28(2)23(32)22-19(30(20)24)12-15-33-22/h6-9,12,15-16H,3-5,10-11,13-14H2,1-2H3,(H,25,31). The highest BCUT2D eigenvalue weighted by Gasteiger charge is 2.17. The Morgan fingerprint density at radius 2 is 1.91 bits per heavy atom. The molecule has 0 radical (unpaired) electrons. The highest BCUT2D eigenvalue weighted by atomic mass is 32.1. The number of nitrogens with zero attached hydrogens (tertiary/aromatic N) is 5. The van der Waals surface area contributed by atoms with Crippen LogP contribution in [0.25, 0.3) is 16.0 Å². The number of carbonyl (C=O) groups excluding carboxylic acids is 1. The van der Waals surface area contributed by atoms with E-state index in [1.807, 2.05) is 28.0 Å². The number of aromatic nitrogens is 4. The van der Waals surface area contributed by atoms with Crippen LogP contribution in [0.15, 0.2) is 40.5 Å². The molecule has 1 aliphatic heterocycles. The van der Waals surface area contributed by atoms with E-state index >= 15 is 0 Å². The zero-order chi connectivity index (χ0) is 22.9. The highest BCUT2D eigenvalue weighted by Crippen LogP contribution is 2.24. The van der Waals surface area contributed by atoms with Crippen LogP contribution in [-0.2, 0) is 18.3 Å². The molecule has 9 heteroatoms. The lowest BCUT2D eigenvalue weighted by atomic mass is 9.99. The maximum absolute atomic E-state index is 12.5. The van der Waals surface area contributed by atoms with E-state index in [0.29, 0.717) is 29.7 Å². The number of hydrogen-bond donors (Lipinski definition) is 1. The Morgan fingerprint density at radius 1 is 1.15 bits per heavy atom. The van der Waals surface area contributed by atoms with Gasteiger partial charge < -0.3 is 10.2 Å². The van der Waals surface area contributed by atoms with Crippen molar-refractivity contribution < 1.29 is 4.79 Å². The Kier molecular flexibility index (Phi) is 5.88. The van der Waals surface area contributed by atoms with Gasteiger partial charge in [-0.3, -0.25) is 18.6 Å². The van der Waals surface area contributed by atoms with Crippen LogP contribution in [0.1, 0.15) is 38.4 Å². The second-order valence-corrected chi connectivity index (χ2v) is 9.79. The molecule has 4 heterocycles. The SMILES string of the molecule is CC1CCN(c2ccc(NC(=O)CCCc3nnc4n(C)c(=O)c5sccc5n34)cc2)CC1. The third kappa shape index (κ3) is 4.25. The number of benzene rings is 1. The number of anilines is 2. The van der Waals surface area contributed by atoms with Gasteiger partial charge in [-0.25, -0.2) is 0 Å². The molecule has 33 heavy (non-hydrogen) atoms. The van der Waals surface area contributed by atoms with E-state index in [1.165, 1.54) is 34.4 Å². The summed E-state index contributed by atoms with van der Waals surface area (Å²) in [6, 6.07) is 10.0. The van der Waals surface area contributed by atoms with Crippen molar-refractivity contribution in [3.63, 3.8) is 0 Å². The molecule has 1 amide bonds. The summed E-state index contributed by atoms with van der Waals surface area (Å²) in [6.07, 6.45) is 4.09. The lowest BCUT2D eigenvalue weighted by molar-refractivity contribution is -0.116. The molecule has 0 aliphatic carbocycles. The number of piperidine rings is 1.